The minimum Gasteiger partial charge on any atom is -0.409 e. The highest BCUT2D eigenvalue weighted by Gasteiger charge is 2.41. The van der Waals surface area contributed by atoms with Crippen molar-refractivity contribution in [3.05, 3.63) is 65.1 Å². The van der Waals surface area contributed by atoms with Gasteiger partial charge in [0.05, 0.1) is 17.7 Å². The van der Waals surface area contributed by atoms with E-state index < -0.39 is 46.7 Å². The molecule has 3 N–H and O–H groups in total. The first kappa shape index (κ1) is 29.9. The van der Waals surface area contributed by atoms with Crippen molar-refractivity contribution in [3.63, 3.8) is 0 Å². The highest BCUT2D eigenvalue weighted by atomic mass is 19.4. The molecule has 0 radical (unpaired) electrons. The fraction of sp³-hybridized carbons (Fsp3) is 0.360. The van der Waals surface area contributed by atoms with E-state index in [1.807, 2.05) is 0 Å². The zero-order valence-corrected chi connectivity index (χ0v) is 20.7. The summed E-state index contributed by atoms with van der Waals surface area (Å²) in [5.74, 6) is -1.81. The second kappa shape index (κ2) is 12.5. The van der Waals surface area contributed by atoms with E-state index in [4.69, 9.17) is 10.5 Å². The summed E-state index contributed by atoms with van der Waals surface area (Å²) in [6.45, 7) is 3.80. The number of allylic oxidation sites excluding steroid dienone is 1. The first-order valence-electron chi connectivity index (χ1n) is 11.7. The number of anilines is 1. The predicted octanol–water partition coefficient (Wildman–Crippen LogP) is 4.77. The van der Waals surface area contributed by atoms with Gasteiger partial charge in [0, 0.05) is 69.0 Å². The standard InChI is InChI=1S/C25H26F7N5O2/c1-36(19-4-2-18(26)3-5-19)23(38)39-22-20(12-17(24(27,28)29)13-21(22)25(30,31)32)16(14-33)15-35-8-11-37-9-6-34-7-10-37/h2-5,12-15,34H,6-11,33H2,1H3/b16-14+,35-15?. The zero-order valence-electron chi connectivity index (χ0n) is 20.7. The van der Waals surface area contributed by atoms with Crippen LogP contribution < -0.4 is 20.7 Å². The lowest BCUT2D eigenvalue weighted by Crippen LogP contribution is -2.44. The van der Waals surface area contributed by atoms with Crippen molar-refractivity contribution in [2.45, 2.75) is 12.4 Å². The molecule has 0 atom stereocenters. The minimum absolute atomic E-state index is 0.0625. The predicted molar refractivity (Wildman–Crippen MR) is 132 cm³/mol. The molecule has 1 fully saturated rings. The summed E-state index contributed by atoms with van der Waals surface area (Å²) < 4.78 is 101. The molecule has 39 heavy (non-hydrogen) atoms. The summed E-state index contributed by atoms with van der Waals surface area (Å²) in [5, 5.41) is 3.18. The van der Waals surface area contributed by atoms with Gasteiger partial charge in [0.15, 0.2) is 5.75 Å². The smallest absolute Gasteiger partial charge is 0.409 e. The lowest BCUT2D eigenvalue weighted by atomic mass is 9.98. The van der Waals surface area contributed by atoms with Crippen LogP contribution in [-0.4, -0.2) is 63.5 Å². The lowest BCUT2D eigenvalue weighted by molar-refractivity contribution is -0.143. The summed E-state index contributed by atoms with van der Waals surface area (Å²) >= 11 is 0. The summed E-state index contributed by atoms with van der Waals surface area (Å²) in [6, 6.07) is 4.64. The average molecular weight is 562 g/mol. The molecule has 0 aromatic heterocycles. The summed E-state index contributed by atoms with van der Waals surface area (Å²) in [4.78, 5) is 19.8. The maximum atomic E-state index is 14.0. The van der Waals surface area contributed by atoms with Crippen molar-refractivity contribution in [3.8, 4) is 5.75 Å². The van der Waals surface area contributed by atoms with Crippen LogP contribution in [0.1, 0.15) is 16.7 Å². The molecule has 0 saturated carbocycles. The third-order valence-electron chi connectivity index (χ3n) is 5.87. The lowest BCUT2D eigenvalue weighted by Gasteiger charge is -2.26. The topological polar surface area (TPSA) is 83.2 Å². The number of nitrogens with one attached hydrogen (secondary N) is 1. The van der Waals surface area contributed by atoms with E-state index >= 15 is 0 Å². The Morgan fingerprint density at radius 1 is 1.10 bits per heavy atom. The van der Waals surface area contributed by atoms with Crippen LogP contribution in [0, 0.1) is 5.82 Å². The van der Waals surface area contributed by atoms with Gasteiger partial charge in [-0.3, -0.25) is 14.8 Å². The van der Waals surface area contributed by atoms with Gasteiger partial charge >= 0.3 is 18.4 Å². The van der Waals surface area contributed by atoms with E-state index in [1.54, 1.807) is 0 Å². The van der Waals surface area contributed by atoms with Crippen molar-refractivity contribution < 1.29 is 40.3 Å². The molecule has 1 aliphatic rings. The van der Waals surface area contributed by atoms with Crippen LogP contribution in [0.5, 0.6) is 5.75 Å². The molecule has 1 amide bonds. The Hall–Kier alpha value is -3.65. The van der Waals surface area contributed by atoms with E-state index in [2.05, 4.69) is 15.2 Å². The largest absolute Gasteiger partial charge is 0.420 e. The van der Waals surface area contributed by atoms with E-state index in [-0.39, 0.29) is 23.9 Å². The molecule has 1 heterocycles. The minimum atomic E-state index is -5.33. The third kappa shape index (κ3) is 7.93. The van der Waals surface area contributed by atoms with Gasteiger partial charge in [-0.15, -0.1) is 0 Å². The van der Waals surface area contributed by atoms with Gasteiger partial charge in [0.2, 0.25) is 0 Å². The Labute approximate surface area is 219 Å². The molecule has 14 heteroatoms. The monoisotopic (exact) mass is 561 g/mol. The number of piperazine rings is 1. The number of benzene rings is 2. The first-order chi connectivity index (χ1) is 18.3. The highest BCUT2D eigenvalue weighted by Crippen LogP contribution is 2.44. The van der Waals surface area contributed by atoms with Crippen molar-refractivity contribution in [2.24, 2.45) is 10.7 Å². The Morgan fingerprint density at radius 2 is 1.74 bits per heavy atom. The third-order valence-corrected chi connectivity index (χ3v) is 5.87. The van der Waals surface area contributed by atoms with Crippen molar-refractivity contribution in [1.82, 2.24) is 10.2 Å². The summed E-state index contributed by atoms with van der Waals surface area (Å²) in [5.41, 5.74) is 1.15. The Balaban J connectivity index is 2.01. The van der Waals surface area contributed by atoms with Crippen LogP contribution in [0.3, 0.4) is 0 Å². The number of hydrogen-bond acceptors (Lipinski definition) is 6. The van der Waals surface area contributed by atoms with Crippen LogP contribution in [0.15, 0.2) is 47.6 Å². The summed E-state index contributed by atoms with van der Waals surface area (Å²) in [6.07, 6.45) is -10.0. The van der Waals surface area contributed by atoms with Gasteiger partial charge in [0.25, 0.3) is 0 Å². The number of aliphatic imine (C=N–C) groups is 1. The highest BCUT2D eigenvalue weighted by molar-refractivity contribution is 6.11. The summed E-state index contributed by atoms with van der Waals surface area (Å²) in [7, 11) is 1.14. The number of alkyl halides is 6. The fourth-order valence-electron chi connectivity index (χ4n) is 3.75. The number of ether oxygens (including phenoxy) is 1. The van der Waals surface area contributed by atoms with Crippen molar-refractivity contribution in [1.29, 1.82) is 0 Å². The maximum absolute atomic E-state index is 14.0. The molecule has 0 spiro atoms. The van der Waals surface area contributed by atoms with Gasteiger partial charge in [-0.05, 0) is 36.4 Å². The Morgan fingerprint density at radius 3 is 2.31 bits per heavy atom. The second-order valence-electron chi connectivity index (χ2n) is 8.55. The number of nitrogens with zero attached hydrogens (tertiary/aromatic N) is 3. The Kier molecular flexibility index (Phi) is 9.56. The van der Waals surface area contributed by atoms with Crippen LogP contribution in [0.4, 0.5) is 41.2 Å². The molecule has 1 aliphatic heterocycles. The number of carbonyl (C=O) groups excluding carboxylic acids is 1. The molecule has 0 bridgehead atoms. The Bertz CT molecular complexity index is 1210. The molecule has 3 rings (SSSR count). The molecular formula is C25H26F7N5O2. The van der Waals surface area contributed by atoms with Crippen LogP contribution in [0.2, 0.25) is 0 Å². The number of rotatable bonds is 7. The normalized spacial score (nSPS) is 15.5. The first-order valence-corrected chi connectivity index (χ1v) is 11.7. The van der Waals surface area contributed by atoms with E-state index in [0.29, 0.717) is 12.6 Å². The number of halogens is 7. The van der Waals surface area contributed by atoms with E-state index in [9.17, 15) is 35.5 Å². The fourth-order valence-corrected chi connectivity index (χ4v) is 3.75. The van der Waals surface area contributed by atoms with E-state index in [0.717, 1.165) is 62.7 Å². The van der Waals surface area contributed by atoms with Gasteiger partial charge in [-0.25, -0.2) is 9.18 Å². The number of nitrogens with two attached hydrogens (primary N) is 1. The van der Waals surface area contributed by atoms with Crippen molar-refractivity contribution >= 4 is 23.6 Å². The molecule has 7 nitrogen and oxygen atoms in total. The van der Waals surface area contributed by atoms with E-state index in [1.165, 1.54) is 12.1 Å². The molecule has 0 unspecified atom stereocenters. The molecule has 2 aromatic carbocycles. The molecule has 0 aliphatic carbocycles. The maximum Gasteiger partial charge on any atom is 0.420 e. The zero-order chi connectivity index (χ0) is 28.8. The van der Waals surface area contributed by atoms with Gasteiger partial charge in [-0.2, -0.15) is 26.3 Å². The molecular weight excluding hydrogens is 535 g/mol. The van der Waals surface area contributed by atoms with Crippen LogP contribution >= 0.6 is 0 Å². The van der Waals surface area contributed by atoms with Gasteiger partial charge < -0.3 is 15.8 Å². The average Bonchev–Trinajstić information content (AvgIpc) is 2.88. The van der Waals surface area contributed by atoms with Crippen LogP contribution in [0.25, 0.3) is 5.57 Å². The number of carbonyl (C=O) groups is 1. The SMILES string of the molecule is CN(C(=O)Oc1c(/C(C=NCCN2CCNCC2)=C/N)cc(C(F)(F)F)cc1C(F)(F)F)c1ccc(F)cc1. The molecule has 212 valence electrons. The van der Waals surface area contributed by atoms with Gasteiger partial charge in [0.1, 0.15) is 5.82 Å². The quantitative estimate of drug-likeness (QED) is 0.376. The van der Waals surface area contributed by atoms with Gasteiger partial charge in [-0.1, -0.05) is 0 Å². The van der Waals surface area contributed by atoms with Crippen molar-refractivity contribution in [2.75, 3.05) is 51.2 Å². The number of amides is 1. The molecule has 2 aromatic rings. The molecule has 1 saturated heterocycles. The van der Waals surface area contributed by atoms with Crippen LogP contribution in [-0.2, 0) is 12.4 Å². The second-order valence-corrected chi connectivity index (χ2v) is 8.55. The number of hydrogen-bond donors (Lipinski definition) is 2.